The predicted octanol–water partition coefficient (Wildman–Crippen LogP) is 4.13. The van der Waals surface area contributed by atoms with Crippen molar-refractivity contribution in [2.24, 2.45) is 10.9 Å². The molecule has 2 rings (SSSR count). The minimum absolute atomic E-state index is 0. The topological polar surface area (TPSA) is 61.8 Å². The molecule has 6 nitrogen and oxygen atoms in total. The smallest absolute Gasteiger partial charge is 0.193 e. The normalized spacial score (nSPS) is 15.2. The van der Waals surface area contributed by atoms with E-state index in [0.29, 0.717) is 29.0 Å². The van der Waals surface area contributed by atoms with E-state index < -0.39 is 0 Å². The number of nitrogens with one attached hydrogen (secondary N) is 2. The lowest BCUT2D eigenvalue weighted by Crippen LogP contribution is -2.40. The van der Waals surface area contributed by atoms with Gasteiger partial charge < -0.3 is 20.3 Å². The van der Waals surface area contributed by atoms with E-state index in [-0.39, 0.29) is 24.0 Å². The van der Waals surface area contributed by atoms with Crippen LogP contribution in [0.1, 0.15) is 26.2 Å². The highest BCUT2D eigenvalue weighted by molar-refractivity contribution is 14.0. The summed E-state index contributed by atoms with van der Waals surface area (Å²) in [5.74, 6) is 2.31. The van der Waals surface area contributed by atoms with E-state index in [1.807, 2.05) is 0 Å². The molecule has 2 heterocycles. The molecule has 27 heavy (non-hydrogen) atoms. The molecule has 1 aliphatic rings. The largest absolute Gasteiger partial charge is 0.381 e. The molecule has 0 saturated carbocycles. The van der Waals surface area contributed by atoms with Crippen molar-refractivity contribution in [2.45, 2.75) is 26.2 Å². The maximum atomic E-state index is 6.11. The Morgan fingerprint density at radius 2 is 2.11 bits per heavy atom. The summed E-state index contributed by atoms with van der Waals surface area (Å²) in [4.78, 5) is 11.1. The number of nitrogens with zero attached hydrogens (tertiary/aromatic N) is 3. The van der Waals surface area contributed by atoms with Crippen molar-refractivity contribution in [1.29, 1.82) is 0 Å². The lowest BCUT2D eigenvalue weighted by atomic mass is 9.96. The number of pyridine rings is 1. The monoisotopic (exact) mass is 529 g/mol. The molecule has 0 aliphatic carbocycles. The van der Waals surface area contributed by atoms with Crippen LogP contribution in [-0.2, 0) is 4.74 Å². The van der Waals surface area contributed by atoms with Gasteiger partial charge in [-0.3, -0.25) is 4.99 Å². The fraction of sp³-hybridized carbons (Fsp3) is 0.667. The number of ether oxygens (including phenoxy) is 1. The van der Waals surface area contributed by atoms with E-state index in [1.165, 1.54) is 19.3 Å². The third kappa shape index (κ3) is 9.02. The number of rotatable bonds is 8. The zero-order valence-electron chi connectivity index (χ0n) is 16.0. The summed E-state index contributed by atoms with van der Waals surface area (Å²) in [5.41, 5.74) is 0. The molecule has 0 amide bonds. The average molecular weight is 530 g/mol. The summed E-state index contributed by atoms with van der Waals surface area (Å²) in [5, 5.41) is 7.59. The fourth-order valence-corrected chi connectivity index (χ4v) is 3.31. The molecule has 0 spiro atoms. The molecule has 0 aromatic carbocycles. The first kappa shape index (κ1) is 24.5. The van der Waals surface area contributed by atoms with E-state index >= 15 is 0 Å². The maximum Gasteiger partial charge on any atom is 0.193 e. The second-order valence-electron chi connectivity index (χ2n) is 6.41. The van der Waals surface area contributed by atoms with Gasteiger partial charge in [0.15, 0.2) is 5.96 Å². The van der Waals surface area contributed by atoms with Gasteiger partial charge in [0.25, 0.3) is 0 Å². The van der Waals surface area contributed by atoms with Gasteiger partial charge in [-0.2, -0.15) is 0 Å². The zero-order chi connectivity index (χ0) is 18.8. The van der Waals surface area contributed by atoms with Gasteiger partial charge >= 0.3 is 0 Å². The van der Waals surface area contributed by atoms with Gasteiger partial charge in [-0.15, -0.1) is 24.0 Å². The fourth-order valence-electron chi connectivity index (χ4n) is 2.87. The van der Waals surface area contributed by atoms with Gasteiger partial charge in [0.2, 0.25) is 0 Å². The number of hydrogen-bond donors (Lipinski definition) is 2. The second kappa shape index (κ2) is 13.6. The van der Waals surface area contributed by atoms with Crippen LogP contribution in [0.5, 0.6) is 0 Å². The van der Waals surface area contributed by atoms with Crippen LogP contribution < -0.4 is 10.6 Å². The molecule has 0 unspecified atom stereocenters. The van der Waals surface area contributed by atoms with Gasteiger partial charge in [0.05, 0.1) is 16.6 Å². The van der Waals surface area contributed by atoms with E-state index in [1.54, 1.807) is 12.3 Å². The molecule has 154 valence electrons. The summed E-state index contributed by atoms with van der Waals surface area (Å²) in [7, 11) is 2.09. The molecule has 1 aromatic rings. The molecular weight excluding hydrogens is 500 g/mol. The third-order valence-corrected chi connectivity index (χ3v) is 4.88. The molecule has 0 bridgehead atoms. The summed E-state index contributed by atoms with van der Waals surface area (Å²) in [6, 6.07) is 1.68. The Hall–Kier alpha value is -0.510. The van der Waals surface area contributed by atoms with Crippen molar-refractivity contribution in [3.8, 4) is 0 Å². The third-order valence-electron chi connectivity index (χ3n) is 4.38. The van der Waals surface area contributed by atoms with E-state index in [9.17, 15) is 0 Å². The Kier molecular flexibility index (Phi) is 12.4. The van der Waals surface area contributed by atoms with E-state index in [4.69, 9.17) is 27.9 Å². The Morgan fingerprint density at radius 1 is 1.37 bits per heavy atom. The van der Waals surface area contributed by atoms with Crippen molar-refractivity contribution in [3.63, 3.8) is 0 Å². The van der Waals surface area contributed by atoms with Gasteiger partial charge in [0.1, 0.15) is 5.82 Å². The van der Waals surface area contributed by atoms with Gasteiger partial charge in [0, 0.05) is 46.1 Å². The standard InChI is InChI=1S/C18H29Cl2N5O.HI/c1-3-21-18(25(2)9-4-14-5-10-26-11-6-14)23-8-7-22-17-16(20)12-15(19)13-24-17;/h12-14H,3-11H2,1-2H3,(H,21,23)(H,22,24);1H. The summed E-state index contributed by atoms with van der Waals surface area (Å²) >= 11 is 12.0. The van der Waals surface area contributed by atoms with Crippen LogP contribution in [0.25, 0.3) is 0 Å². The summed E-state index contributed by atoms with van der Waals surface area (Å²) in [6.45, 7) is 7.00. The van der Waals surface area contributed by atoms with Crippen molar-refractivity contribution in [3.05, 3.63) is 22.3 Å². The summed E-state index contributed by atoms with van der Waals surface area (Å²) < 4.78 is 5.43. The molecule has 1 aliphatic heterocycles. The van der Waals surface area contributed by atoms with Gasteiger partial charge in [-0.1, -0.05) is 23.2 Å². The first-order valence-electron chi connectivity index (χ1n) is 9.22. The highest BCUT2D eigenvalue weighted by Gasteiger charge is 2.15. The number of anilines is 1. The van der Waals surface area contributed by atoms with Crippen molar-refractivity contribution >= 4 is 59.0 Å². The number of hydrogen-bond acceptors (Lipinski definition) is 4. The highest BCUT2D eigenvalue weighted by Crippen LogP contribution is 2.22. The molecule has 9 heteroatoms. The minimum atomic E-state index is 0. The lowest BCUT2D eigenvalue weighted by Gasteiger charge is -2.26. The van der Waals surface area contributed by atoms with Crippen LogP contribution in [0, 0.1) is 5.92 Å². The van der Waals surface area contributed by atoms with Crippen molar-refractivity contribution in [2.75, 3.05) is 51.8 Å². The first-order valence-corrected chi connectivity index (χ1v) is 9.97. The number of aromatic nitrogens is 1. The molecule has 1 saturated heterocycles. The summed E-state index contributed by atoms with van der Waals surface area (Å²) in [6.07, 6.45) is 5.08. The lowest BCUT2D eigenvalue weighted by molar-refractivity contribution is 0.0625. The predicted molar refractivity (Wildman–Crippen MR) is 125 cm³/mol. The molecule has 1 fully saturated rings. The molecule has 2 N–H and O–H groups in total. The first-order chi connectivity index (χ1) is 12.6. The van der Waals surface area contributed by atoms with Crippen LogP contribution in [0.15, 0.2) is 17.3 Å². The molecule has 0 atom stereocenters. The molecular formula is C18H30Cl2IN5O. The Labute approximate surface area is 189 Å². The van der Waals surface area contributed by atoms with Crippen molar-refractivity contribution in [1.82, 2.24) is 15.2 Å². The Morgan fingerprint density at radius 3 is 2.78 bits per heavy atom. The maximum absolute atomic E-state index is 6.11. The van der Waals surface area contributed by atoms with Crippen LogP contribution in [0.4, 0.5) is 5.82 Å². The number of halogens is 3. The van der Waals surface area contributed by atoms with E-state index in [0.717, 1.165) is 38.2 Å². The SMILES string of the molecule is CCNC(=NCCNc1ncc(Cl)cc1Cl)N(C)CCC1CCOCC1.I. The van der Waals surface area contributed by atoms with Crippen LogP contribution in [-0.4, -0.2) is 62.3 Å². The van der Waals surface area contributed by atoms with E-state index in [2.05, 4.69) is 39.5 Å². The molecule has 0 radical (unpaired) electrons. The Balaban J connectivity index is 0.00000364. The minimum Gasteiger partial charge on any atom is -0.381 e. The van der Waals surface area contributed by atoms with Crippen LogP contribution in [0.2, 0.25) is 10.0 Å². The van der Waals surface area contributed by atoms with Gasteiger partial charge in [-0.05, 0) is 38.2 Å². The van der Waals surface area contributed by atoms with Crippen LogP contribution in [0.3, 0.4) is 0 Å². The zero-order valence-corrected chi connectivity index (χ0v) is 19.9. The van der Waals surface area contributed by atoms with Crippen molar-refractivity contribution < 1.29 is 4.74 Å². The number of aliphatic imine (C=N–C) groups is 1. The Bertz CT molecular complexity index is 585. The quantitative estimate of drug-likeness (QED) is 0.229. The highest BCUT2D eigenvalue weighted by atomic mass is 127. The molecule has 1 aromatic heterocycles. The number of guanidine groups is 1. The van der Waals surface area contributed by atoms with Gasteiger partial charge in [-0.25, -0.2) is 4.98 Å². The average Bonchev–Trinajstić information content (AvgIpc) is 2.64. The second-order valence-corrected chi connectivity index (χ2v) is 7.26. The van der Waals surface area contributed by atoms with Crippen LogP contribution >= 0.6 is 47.2 Å².